The van der Waals surface area contributed by atoms with Crippen LogP contribution in [0, 0.1) is 0 Å². The van der Waals surface area contributed by atoms with Crippen LogP contribution in [0.4, 0.5) is 11.5 Å². The van der Waals surface area contributed by atoms with Crippen molar-refractivity contribution in [1.29, 1.82) is 0 Å². The molecule has 0 unspecified atom stereocenters. The minimum absolute atomic E-state index is 0.0244. The second-order valence-electron chi connectivity index (χ2n) is 4.79. The third-order valence-electron chi connectivity index (χ3n) is 3.04. The number of hydrogen-bond donors (Lipinski definition) is 2. The summed E-state index contributed by atoms with van der Waals surface area (Å²) in [5.41, 5.74) is 0.645. The highest BCUT2D eigenvalue weighted by Gasteiger charge is 2.19. The molecule has 0 atom stereocenters. The standard InChI is InChI=1S/C16H13N3O3S2/c20-16(18-12-6-2-1-3-7-12)14-10-13(11-23-14)24(21,22)19-15-8-4-5-9-17-15/h1-11H,(H,17,19)(H,18,20). The molecule has 2 heterocycles. The summed E-state index contributed by atoms with van der Waals surface area (Å²) in [5.74, 6) is -0.135. The molecule has 122 valence electrons. The molecular formula is C16H13N3O3S2. The summed E-state index contributed by atoms with van der Waals surface area (Å²) < 4.78 is 27.0. The maximum atomic E-state index is 12.3. The third kappa shape index (κ3) is 3.79. The lowest BCUT2D eigenvalue weighted by atomic mass is 10.3. The Labute approximate surface area is 143 Å². The van der Waals surface area contributed by atoms with Gasteiger partial charge in [0.1, 0.15) is 5.82 Å². The quantitative estimate of drug-likeness (QED) is 0.732. The van der Waals surface area contributed by atoms with Gasteiger partial charge in [0.05, 0.1) is 9.77 Å². The average molecular weight is 359 g/mol. The summed E-state index contributed by atoms with van der Waals surface area (Å²) >= 11 is 1.06. The Morgan fingerprint density at radius 2 is 1.79 bits per heavy atom. The van der Waals surface area contributed by atoms with Gasteiger partial charge in [0, 0.05) is 17.3 Å². The topological polar surface area (TPSA) is 88.2 Å². The highest BCUT2D eigenvalue weighted by molar-refractivity contribution is 7.92. The molecule has 0 spiro atoms. The van der Waals surface area contributed by atoms with E-state index < -0.39 is 10.0 Å². The number of carbonyl (C=O) groups excluding carboxylic acids is 1. The predicted octanol–water partition coefficient (Wildman–Crippen LogP) is 3.20. The first-order valence-electron chi connectivity index (χ1n) is 6.93. The minimum Gasteiger partial charge on any atom is -0.321 e. The van der Waals surface area contributed by atoms with E-state index >= 15 is 0 Å². The molecule has 0 aliphatic rings. The van der Waals surface area contributed by atoms with E-state index in [4.69, 9.17) is 0 Å². The van der Waals surface area contributed by atoms with Crippen molar-refractivity contribution in [3.05, 3.63) is 71.1 Å². The van der Waals surface area contributed by atoms with Crippen molar-refractivity contribution in [2.45, 2.75) is 4.90 Å². The number of rotatable bonds is 5. The number of anilines is 2. The molecule has 0 aliphatic carbocycles. The number of amides is 1. The number of aromatic nitrogens is 1. The van der Waals surface area contributed by atoms with Crippen molar-refractivity contribution < 1.29 is 13.2 Å². The Hall–Kier alpha value is -2.71. The lowest BCUT2D eigenvalue weighted by molar-refractivity contribution is 0.103. The van der Waals surface area contributed by atoms with Gasteiger partial charge in [-0.2, -0.15) is 0 Å². The van der Waals surface area contributed by atoms with Crippen molar-refractivity contribution in [3.8, 4) is 0 Å². The van der Waals surface area contributed by atoms with Crippen LogP contribution < -0.4 is 10.0 Å². The number of nitrogens with zero attached hydrogens (tertiary/aromatic N) is 1. The van der Waals surface area contributed by atoms with Crippen molar-refractivity contribution >= 4 is 38.8 Å². The predicted molar refractivity (Wildman–Crippen MR) is 93.8 cm³/mol. The largest absolute Gasteiger partial charge is 0.321 e. The Bertz CT molecular complexity index is 939. The van der Waals surface area contributed by atoms with E-state index in [2.05, 4.69) is 15.0 Å². The van der Waals surface area contributed by atoms with E-state index in [0.29, 0.717) is 10.6 Å². The van der Waals surface area contributed by atoms with E-state index in [1.807, 2.05) is 6.07 Å². The molecule has 2 aromatic heterocycles. The number of sulfonamides is 1. The van der Waals surface area contributed by atoms with Crippen LogP contribution in [-0.2, 0) is 10.0 Å². The molecule has 2 N–H and O–H groups in total. The van der Waals surface area contributed by atoms with Gasteiger partial charge in [0.15, 0.2) is 0 Å². The molecule has 0 radical (unpaired) electrons. The third-order valence-corrected chi connectivity index (χ3v) is 5.46. The summed E-state index contributed by atoms with van der Waals surface area (Å²) in [4.78, 5) is 16.4. The van der Waals surface area contributed by atoms with Crippen LogP contribution in [0.25, 0.3) is 0 Å². The van der Waals surface area contributed by atoms with Gasteiger partial charge in [-0.3, -0.25) is 9.52 Å². The van der Waals surface area contributed by atoms with Crippen LogP contribution in [-0.4, -0.2) is 19.3 Å². The summed E-state index contributed by atoms with van der Waals surface area (Å²) in [6.07, 6.45) is 1.49. The normalized spacial score (nSPS) is 11.0. The van der Waals surface area contributed by atoms with Gasteiger partial charge < -0.3 is 5.32 Å². The molecule has 0 fully saturated rings. The Morgan fingerprint density at radius 1 is 1.04 bits per heavy atom. The number of benzene rings is 1. The van der Waals surface area contributed by atoms with Crippen molar-refractivity contribution in [2.75, 3.05) is 10.0 Å². The maximum absolute atomic E-state index is 12.3. The summed E-state index contributed by atoms with van der Waals surface area (Å²) in [6.45, 7) is 0. The summed E-state index contributed by atoms with van der Waals surface area (Å²) in [5, 5.41) is 4.14. The Morgan fingerprint density at radius 3 is 2.50 bits per heavy atom. The zero-order chi connectivity index (χ0) is 17.0. The highest BCUT2D eigenvalue weighted by atomic mass is 32.2. The fourth-order valence-electron chi connectivity index (χ4n) is 1.91. The molecule has 0 saturated carbocycles. The van der Waals surface area contributed by atoms with Crippen LogP contribution in [0.1, 0.15) is 9.67 Å². The molecule has 6 nitrogen and oxygen atoms in total. The van der Waals surface area contributed by atoms with Crippen LogP contribution in [0.15, 0.2) is 71.1 Å². The first-order valence-corrected chi connectivity index (χ1v) is 9.30. The van der Waals surface area contributed by atoms with Gasteiger partial charge in [-0.1, -0.05) is 24.3 Å². The fraction of sp³-hybridized carbons (Fsp3) is 0. The van der Waals surface area contributed by atoms with E-state index in [0.717, 1.165) is 11.3 Å². The molecular weight excluding hydrogens is 346 g/mol. The molecule has 3 aromatic rings. The molecule has 1 amide bonds. The van der Waals surface area contributed by atoms with E-state index in [1.54, 1.807) is 42.5 Å². The molecule has 3 rings (SSSR count). The van der Waals surface area contributed by atoms with Crippen molar-refractivity contribution in [2.24, 2.45) is 0 Å². The first kappa shape index (κ1) is 16.2. The maximum Gasteiger partial charge on any atom is 0.265 e. The number of para-hydroxylation sites is 1. The average Bonchev–Trinajstić information content (AvgIpc) is 3.07. The van der Waals surface area contributed by atoms with Crippen LogP contribution >= 0.6 is 11.3 Å². The highest BCUT2D eigenvalue weighted by Crippen LogP contribution is 2.22. The number of nitrogens with one attached hydrogen (secondary N) is 2. The van der Waals surface area contributed by atoms with Crippen LogP contribution in [0.3, 0.4) is 0 Å². The number of thiophene rings is 1. The fourth-order valence-corrected chi connectivity index (χ4v) is 4.09. The smallest absolute Gasteiger partial charge is 0.265 e. The molecule has 0 saturated heterocycles. The van der Waals surface area contributed by atoms with E-state index in [9.17, 15) is 13.2 Å². The number of carbonyl (C=O) groups is 1. The molecule has 1 aromatic carbocycles. The van der Waals surface area contributed by atoms with E-state index in [-0.39, 0.29) is 16.6 Å². The second kappa shape index (κ2) is 6.81. The molecule has 0 aliphatic heterocycles. The van der Waals surface area contributed by atoms with Crippen molar-refractivity contribution in [1.82, 2.24) is 4.98 Å². The Kier molecular flexibility index (Phi) is 4.59. The van der Waals surface area contributed by atoms with Crippen molar-refractivity contribution in [3.63, 3.8) is 0 Å². The van der Waals surface area contributed by atoms with Crippen LogP contribution in [0.5, 0.6) is 0 Å². The number of pyridine rings is 1. The van der Waals surface area contributed by atoms with Gasteiger partial charge >= 0.3 is 0 Å². The van der Waals surface area contributed by atoms with E-state index in [1.165, 1.54) is 17.6 Å². The first-order chi connectivity index (χ1) is 11.5. The second-order valence-corrected chi connectivity index (χ2v) is 7.38. The van der Waals surface area contributed by atoms with Gasteiger partial charge in [-0.05, 0) is 30.3 Å². The molecule has 0 bridgehead atoms. The van der Waals surface area contributed by atoms with Gasteiger partial charge in [0.25, 0.3) is 15.9 Å². The van der Waals surface area contributed by atoms with Gasteiger partial charge in [-0.15, -0.1) is 11.3 Å². The molecule has 8 heteroatoms. The number of hydrogen-bond acceptors (Lipinski definition) is 5. The lowest BCUT2D eigenvalue weighted by Gasteiger charge is -2.04. The monoisotopic (exact) mass is 359 g/mol. The van der Waals surface area contributed by atoms with Crippen LogP contribution in [0.2, 0.25) is 0 Å². The Balaban J connectivity index is 1.76. The van der Waals surface area contributed by atoms with Gasteiger partial charge in [-0.25, -0.2) is 13.4 Å². The zero-order valence-electron chi connectivity index (χ0n) is 12.3. The summed E-state index contributed by atoms with van der Waals surface area (Å²) in [6, 6.07) is 15.2. The lowest BCUT2D eigenvalue weighted by Crippen LogP contribution is -2.13. The minimum atomic E-state index is -3.78. The zero-order valence-corrected chi connectivity index (χ0v) is 14.0. The SMILES string of the molecule is O=C(Nc1ccccc1)c1cc(S(=O)(=O)Nc2ccccn2)cs1. The molecule has 24 heavy (non-hydrogen) atoms. The van der Waals surface area contributed by atoms with Gasteiger partial charge in [0.2, 0.25) is 0 Å². The summed E-state index contributed by atoms with van der Waals surface area (Å²) in [7, 11) is -3.78.